The molecule has 0 saturated carbocycles. The van der Waals surface area contributed by atoms with E-state index in [2.05, 4.69) is 6.92 Å². The Bertz CT molecular complexity index is 583. The van der Waals surface area contributed by atoms with Gasteiger partial charge in [-0.1, -0.05) is 37.3 Å². The maximum absolute atomic E-state index is 6.27. The Kier molecular flexibility index (Phi) is 5.23. The molecule has 0 heterocycles. The Morgan fingerprint density at radius 3 is 2.52 bits per heavy atom. The van der Waals surface area contributed by atoms with Crippen LogP contribution in [0.3, 0.4) is 0 Å². The maximum Gasteiger partial charge on any atom is 0.139 e. The summed E-state index contributed by atoms with van der Waals surface area (Å²) in [5.74, 6) is 1.68. The van der Waals surface area contributed by atoms with Crippen LogP contribution in [0.1, 0.15) is 30.6 Å². The highest BCUT2D eigenvalue weighted by Gasteiger charge is 2.21. The van der Waals surface area contributed by atoms with Crippen molar-refractivity contribution in [2.45, 2.75) is 32.4 Å². The molecule has 2 unspecified atom stereocenters. The lowest BCUT2D eigenvalue weighted by Crippen LogP contribution is -2.31. The summed E-state index contributed by atoms with van der Waals surface area (Å²) >= 11 is 0. The van der Waals surface area contributed by atoms with Crippen molar-refractivity contribution in [3.05, 3.63) is 59.7 Å². The number of hydrogen-bond donors (Lipinski definition) is 1. The fourth-order valence-corrected chi connectivity index (χ4v) is 2.26. The number of ether oxygens (including phenoxy) is 2. The number of para-hydroxylation sites is 1. The first-order valence-corrected chi connectivity index (χ1v) is 7.27. The Morgan fingerprint density at radius 2 is 1.86 bits per heavy atom. The molecule has 0 aliphatic heterocycles. The van der Waals surface area contributed by atoms with Gasteiger partial charge in [-0.05, 0) is 42.7 Å². The topological polar surface area (TPSA) is 44.5 Å². The van der Waals surface area contributed by atoms with Crippen molar-refractivity contribution in [1.82, 2.24) is 0 Å². The van der Waals surface area contributed by atoms with E-state index < -0.39 is 0 Å². The molecule has 0 fully saturated rings. The van der Waals surface area contributed by atoms with E-state index in [1.165, 1.54) is 0 Å². The van der Waals surface area contributed by atoms with Gasteiger partial charge in [0, 0.05) is 6.04 Å². The number of nitrogens with two attached hydrogens (primary N) is 1. The molecule has 0 spiro atoms. The van der Waals surface area contributed by atoms with Crippen LogP contribution in [0.2, 0.25) is 0 Å². The molecule has 0 radical (unpaired) electrons. The summed E-state index contributed by atoms with van der Waals surface area (Å²) in [7, 11) is 1.66. The standard InChI is InChI=1S/C18H23NO2/c1-4-16(19)18(14-9-7-10-15(12-14)20-3)21-17-11-6-5-8-13(17)2/h5-12,16,18H,4,19H2,1-3H3. The second kappa shape index (κ2) is 7.14. The predicted molar refractivity (Wildman–Crippen MR) is 85.8 cm³/mol. The van der Waals surface area contributed by atoms with Crippen molar-refractivity contribution >= 4 is 0 Å². The van der Waals surface area contributed by atoms with E-state index in [4.69, 9.17) is 15.2 Å². The van der Waals surface area contributed by atoms with Crippen molar-refractivity contribution < 1.29 is 9.47 Å². The van der Waals surface area contributed by atoms with Crippen LogP contribution in [0.25, 0.3) is 0 Å². The van der Waals surface area contributed by atoms with Gasteiger partial charge in [0.15, 0.2) is 0 Å². The molecule has 0 bridgehead atoms. The molecule has 2 N–H and O–H groups in total. The normalized spacial score (nSPS) is 13.5. The van der Waals surface area contributed by atoms with Gasteiger partial charge in [0.25, 0.3) is 0 Å². The van der Waals surface area contributed by atoms with Gasteiger partial charge >= 0.3 is 0 Å². The highest BCUT2D eigenvalue weighted by Crippen LogP contribution is 2.29. The summed E-state index contributed by atoms with van der Waals surface area (Å²) in [5, 5.41) is 0. The molecule has 0 saturated heterocycles. The van der Waals surface area contributed by atoms with Gasteiger partial charge in [0.2, 0.25) is 0 Å². The van der Waals surface area contributed by atoms with E-state index in [9.17, 15) is 0 Å². The second-order valence-electron chi connectivity index (χ2n) is 5.15. The summed E-state index contributed by atoms with van der Waals surface area (Å²) in [4.78, 5) is 0. The van der Waals surface area contributed by atoms with Gasteiger partial charge in [0.05, 0.1) is 7.11 Å². The Labute approximate surface area is 126 Å². The molecule has 3 nitrogen and oxygen atoms in total. The molecule has 0 aromatic heterocycles. The fraction of sp³-hybridized carbons (Fsp3) is 0.333. The van der Waals surface area contributed by atoms with Crippen LogP contribution < -0.4 is 15.2 Å². The summed E-state index contributed by atoms with van der Waals surface area (Å²) < 4.78 is 11.5. The van der Waals surface area contributed by atoms with Crippen molar-refractivity contribution in [3.8, 4) is 11.5 Å². The van der Waals surface area contributed by atoms with E-state index in [1.54, 1.807) is 7.11 Å². The van der Waals surface area contributed by atoms with E-state index in [0.29, 0.717) is 0 Å². The van der Waals surface area contributed by atoms with Gasteiger partial charge in [-0.25, -0.2) is 0 Å². The predicted octanol–water partition coefficient (Wildman–Crippen LogP) is 3.86. The van der Waals surface area contributed by atoms with Crippen LogP contribution in [0.5, 0.6) is 11.5 Å². The first kappa shape index (κ1) is 15.4. The van der Waals surface area contributed by atoms with Gasteiger partial charge < -0.3 is 15.2 Å². The highest BCUT2D eigenvalue weighted by molar-refractivity contribution is 5.35. The quantitative estimate of drug-likeness (QED) is 0.876. The molecule has 0 aliphatic carbocycles. The van der Waals surface area contributed by atoms with Gasteiger partial charge in [0.1, 0.15) is 17.6 Å². The molecule has 21 heavy (non-hydrogen) atoms. The van der Waals surface area contributed by atoms with Crippen LogP contribution in [0.15, 0.2) is 48.5 Å². The molecule has 112 valence electrons. The van der Waals surface area contributed by atoms with Gasteiger partial charge in [-0.15, -0.1) is 0 Å². The third-order valence-corrected chi connectivity index (χ3v) is 3.63. The SMILES string of the molecule is CCC(N)C(Oc1ccccc1C)c1cccc(OC)c1. The molecule has 0 aliphatic rings. The summed E-state index contributed by atoms with van der Waals surface area (Å²) in [5.41, 5.74) is 8.41. The summed E-state index contributed by atoms with van der Waals surface area (Å²) in [6.07, 6.45) is 0.652. The van der Waals surface area contributed by atoms with E-state index >= 15 is 0 Å². The smallest absolute Gasteiger partial charge is 0.139 e. The zero-order valence-electron chi connectivity index (χ0n) is 12.9. The van der Waals surface area contributed by atoms with E-state index in [1.807, 2.05) is 55.5 Å². The molecular formula is C18H23NO2. The Morgan fingerprint density at radius 1 is 1.10 bits per heavy atom. The number of methoxy groups -OCH3 is 1. The molecular weight excluding hydrogens is 262 g/mol. The number of hydrogen-bond acceptors (Lipinski definition) is 3. The average Bonchev–Trinajstić information content (AvgIpc) is 2.53. The number of rotatable bonds is 6. The number of aryl methyl sites for hydroxylation is 1. The molecule has 0 amide bonds. The van der Waals surface area contributed by atoms with Crippen LogP contribution in [-0.4, -0.2) is 13.2 Å². The van der Waals surface area contributed by atoms with Crippen LogP contribution in [-0.2, 0) is 0 Å². The van der Waals surface area contributed by atoms with Crippen LogP contribution in [0.4, 0.5) is 0 Å². The molecule has 2 aromatic carbocycles. The number of benzene rings is 2. The zero-order valence-corrected chi connectivity index (χ0v) is 12.9. The van der Waals surface area contributed by atoms with Crippen molar-refractivity contribution in [3.63, 3.8) is 0 Å². The lowest BCUT2D eigenvalue weighted by Gasteiger charge is -2.26. The van der Waals surface area contributed by atoms with E-state index in [0.717, 1.165) is 29.0 Å². The molecule has 2 aromatic rings. The average molecular weight is 285 g/mol. The summed E-state index contributed by atoms with van der Waals surface area (Å²) in [6, 6.07) is 15.8. The monoisotopic (exact) mass is 285 g/mol. The lowest BCUT2D eigenvalue weighted by molar-refractivity contribution is 0.169. The van der Waals surface area contributed by atoms with Gasteiger partial charge in [-0.2, -0.15) is 0 Å². The summed E-state index contributed by atoms with van der Waals surface area (Å²) in [6.45, 7) is 4.11. The van der Waals surface area contributed by atoms with E-state index in [-0.39, 0.29) is 12.1 Å². The minimum atomic E-state index is -0.189. The molecule has 2 rings (SSSR count). The second-order valence-corrected chi connectivity index (χ2v) is 5.15. The van der Waals surface area contributed by atoms with Crippen molar-refractivity contribution in [2.75, 3.05) is 7.11 Å². The minimum absolute atomic E-state index is 0.0725. The highest BCUT2D eigenvalue weighted by atomic mass is 16.5. The minimum Gasteiger partial charge on any atom is -0.497 e. The maximum atomic E-state index is 6.27. The lowest BCUT2D eigenvalue weighted by atomic mass is 10.0. The molecule has 3 heteroatoms. The first-order valence-electron chi connectivity index (χ1n) is 7.27. The first-order chi connectivity index (χ1) is 10.2. The van der Waals surface area contributed by atoms with Crippen molar-refractivity contribution in [2.24, 2.45) is 5.73 Å². The molecule has 2 atom stereocenters. The van der Waals surface area contributed by atoms with Gasteiger partial charge in [-0.3, -0.25) is 0 Å². The third-order valence-electron chi connectivity index (χ3n) is 3.63. The van der Waals surface area contributed by atoms with Crippen molar-refractivity contribution in [1.29, 1.82) is 0 Å². The van der Waals surface area contributed by atoms with Crippen LogP contribution in [0, 0.1) is 6.92 Å². The Hall–Kier alpha value is -2.00. The largest absolute Gasteiger partial charge is 0.497 e. The third kappa shape index (κ3) is 3.76. The zero-order chi connectivity index (χ0) is 15.2. The fourth-order valence-electron chi connectivity index (χ4n) is 2.26. The Balaban J connectivity index is 2.32. The van der Waals surface area contributed by atoms with Crippen LogP contribution >= 0.6 is 0 Å².